The summed E-state index contributed by atoms with van der Waals surface area (Å²) in [4.78, 5) is 16.7. The monoisotopic (exact) mass is 401 g/mol. The second-order valence-electron chi connectivity index (χ2n) is 6.42. The summed E-state index contributed by atoms with van der Waals surface area (Å²) >= 11 is 1.31. The first-order valence-corrected chi connectivity index (χ1v) is 9.63. The van der Waals surface area contributed by atoms with Crippen LogP contribution in [0.2, 0.25) is 0 Å². The van der Waals surface area contributed by atoms with E-state index in [1.165, 1.54) is 23.5 Å². The van der Waals surface area contributed by atoms with Gasteiger partial charge >= 0.3 is 0 Å². The molecular weight excluding hydrogens is 384 g/mol. The van der Waals surface area contributed by atoms with Gasteiger partial charge in [0.15, 0.2) is 5.13 Å². The highest BCUT2D eigenvalue weighted by atomic mass is 32.1. The van der Waals surface area contributed by atoms with E-state index >= 15 is 0 Å². The average molecular weight is 401 g/mol. The van der Waals surface area contributed by atoms with Crippen molar-refractivity contribution < 1.29 is 18.3 Å². The molecule has 2 aromatic carbocycles. The molecule has 28 heavy (non-hydrogen) atoms. The average Bonchev–Trinajstić information content (AvgIpc) is 3.36. The predicted octanol–water partition coefficient (Wildman–Crippen LogP) is 4.81. The highest BCUT2D eigenvalue weighted by Crippen LogP contribution is 2.29. The highest BCUT2D eigenvalue weighted by Gasteiger charge is 2.23. The summed E-state index contributed by atoms with van der Waals surface area (Å²) < 4.78 is 32.1. The lowest BCUT2D eigenvalue weighted by Gasteiger charge is -2.10. The van der Waals surface area contributed by atoms with Crippen LogP contribution in [0.4, 0.5) is 25.3 Å². The number of rotatable bonds is 5. The van der Waals surface area contributed by atoms with Gasteiger partial charge in [0.2, 0.25) is 5.91 Å². The van der Waals surface area contributed by atoms with Crippen molar-refractivity contribution in [2.75, 3.05) is 23.8 Å². The zero-order valence-corrected chi connectivity index (χ0v) is 15.6. The molecule has 144 valence electrons. The lowest BCUT2D eigenvalue weighted by Crippen LogP contribution is -2.22. The standard InChI is InChI=1S/C20H17F2N3O2S/c21-14-4-5-17(16(22)9-14)24-20-25-18(11-28-20)12-2-1-3-15(8-12)23-19(26)13-6-7-27-10-13/h1-5,8-9,11,13H,6-7,10H2,(H,23,26)(H,24,25)/t13-/m1/s1. The number of halogens is 2. The lowest BCUT2D eigenvalue weighted by molar-refractivity contribution is -0.119. The van der Waals surface area contributed by atoms with Gasteiger partial charge in [0, 0.05) is 29.3 Å². The molecule has 1 saturated heterocycles. The number of carbonyl (C=O) groups excluding carboxylic acids is 1. The first-order valence-electron chi connectivity index (χ1n) is 8.75. The van der Waals surface area contributed by atoms with E-state index in [0.717, 1.165) is 18.1 Å². The Bertz CT molecular complexity index is 1000. The van der Waals surface area contributed by atoms with Crippen LogP contribution < -0.4 is 10.6 Å². The molecule has 1 aliphatic heterocycles. The largest absolute Gasteiger partial charge is 0.381 e. The molecule has 3 aromatic rings. The normalized spacial score (nSPS) is 16.1. The van der Waals surface area contributed by atoms with Gasteiger partial charge in [0.1, 0.15) is 11.6 Å². The van der Waals surface area contributed by atoms with E-state index in [1.807, 2.05) is 29.6 Å². The Kier molecular flexibility index (Phi) is 5.31. The third kappa shape index (κ3) is 4.18. The van der Waals surface area contributed by atoms with Gasteiger partial charge in [0.05, 0.1) is 23.9 Å². The topological polar surface area (TPSA) is 63.2 Å². The number of nitrogens with one attached hydrogen (secondary N) is 2. The number of carbonyl (C=O) groups is 1. The van der Waals surface area contributed by atoms with Gasteiger partial charge in [-0.25, -0.2) is 13.8 Å². The van der Waals surface area contributed by atoms with Crippen LogP contribution in [0.3, 0.4) is 0 Å². The molecule has 0 bridgehead atoms. The summed E-state index contributed by atoms with van der Waals surface area (Å²) in [6.45, 7) is 1.06. The van der Waals surface area contributed by atoms with Gasteiger partial charge in [-0.15, -0.1) is 11.3 Å². The number of benzene rings is 2. The molecule has 0 spiro atoms. The Morgan fingerprint density at radius 3 is 2.89 bits per heavy atom. The molecule has 4 rings (SSSR count). The quantitative estimate of drug-likeness (QED) is 0.644. The van der Waals surface area contributed by atoms with Gasteiger partial charge < -0.3 is 15.4 Å². The van der Waals surface area contributed by atoms with Crippen molar-refractivity contribution in [2.24, 2.45) is 5.92 Å². The molecule has 0 saturated carbocycles. The highest BCUT2D eigenvalue weighted by molar-refractivity contribution is 7.14. The first-order chi connectivity index (χ1) is 13.6. The Morgan fingerprint density at radius 1 is 1.21 bits per heavy atom. The van der Waals surface area contributed by atoms with E-state index in [1.54, 1.807) is 0 Å². The van der Waals surface area contributed by atoms with Crippen molar-refractivity contribution in [1.29, 1.82) is 0 Å². The fraction of sp³-hybridized carbons (Fsp3) is 0.200. The van der Waals surface area contributed by atoms with Crippen molar-refractivity contribution in [3.05, 3.63) is 59.5 Å². The van der Waals surface area contributed by atoms with Crippen molar-refractivity contribution in [3.8, 4) is 11.3 Å². The van der Waals surface area contributed by atoms with Crippen molar-refractivity contribution >= 4 is 33.8 Å². The first kappa shape index (κ1) is 18.5. The number of hydrogen-bond acceptors (Lipinski definition) is 5. The number of thiazole rings is 1. The van der Waals surface area contributed by atoms with Crippen LogP contribution in [-0.4, -0.2) is 24.1 Å². The Morgan fingerprint density at radius 2 is 2.11 bits per heavy atom. The summed E-state index contributed by atoms with van der Waals surface area (Å²) in [7, 11) is 0. The summed E-state index contributed by atoms with van der Waals surface area (Å²) in [6, 6.07) is 10.7. The van der Waals surface area contributed by atoms with Crippen LogP contribution in [0, 0.1) is 17.6 Å². The zero-order chi connectivity index (χ0) is 19.5. The maximum Gasteiger partial charge on any atom is 0.229 e. The third-order valence-electron chi connectivity index (χ3n) is 4.40. The molecule has 8 heteroatoms. The SMILES string of the molecule is O=C(Nc1cccc(-c2csc(Nc3ccc(F)cc3F)n2)c1)[C@@H]1CCOC1. The van der Waals surface area contributed by atoms with Crippen molar-refractivity contribution in [3.63, 3.8) is 0 Å². The Balaban J connectivity index is 1.48. The van der Waals surface area contributed by atoms with Gasteiger partial charge in [-0.1, -0.05) is 12.1 Å². The number of anilines is 3. The summed E-state index contributed by atoms with van der Waals surface area (Å²) in [6.07, 6.45) is 0.729. The van der Waals surface area contributed by atoms with Gasteiger partial charge in [0.25, 0.3) is 0 Å². The van der Waals surface area contributed by atoms with Crippen LogP contribution in [-0.2, 0) is 9.53 Å². The molecule has 5 nitrogen and oxygen atoms in total. The molecule has 0 aliphatic carbocycles. The van der Waals surface area contributed by atoms with Crippen LogP contribution >= 0.6 is 11.3 Å². The molecule has 1 aromatic heterocycles. The minimum atomic E-state index is -0.683. The lowest BCUT2D eigenvalue weighted by atomic mass is 10.1. The summed E-state index contributed by atoms with van der Waals surface area (Å²) in [5.74, 6) is -1.49. The Labute approximate surface area is 164 Å². The molecule has 1 atom stereocenters. The number of hydrogen-bond donors (Lipinski definition) is 2. The molecule has 1 fully saturated rings. The second kappa shape index (κ2) is 8.04. The maximum absolute atomic E-state index is 13.8. The molecule has 1 amide bonds. The molecular formula is C20H17F2N3O2S. The fourth-order valence-corrected chi connectivity index (χ4v) is 3.64. The van der Waals surface area contributed by atoms with Gasteiger partial charge in [-0.05, 0) is 30.7 Å². The second-order valence-corrected chi connectivity index (χ2v) is 7.28. The minimum Gasteiger partial charge on any atom is -0.381 e. The van der Waals surface area contributed by atoms with Gasteiger partial charge in [-0.3, -0.25) is 4.79 Å². The third-order valence-corrected chi connectivity index (χ3v) is 5.16. The Hall–Kier alpha value is -2.84. The van der Waals surface area contributed by atoms with E-state index in [2.05, 4.69) is 15.6 Å². The summed E-state index contributed by atoms with van der Waals surface area (Å²) in [5.41, 5.74) is 2.35. The van der Waals surface area contributed by atoms with Crippen molar-refractivity contribution in [2.45, 2.75) is 6.42 Å². The fourth-order valence-electron chi connectivity index (χ4n) is 2.91. The van der Waals surface area contributed by atoms with Crippen LogP contribution in [0.5, 0.6) is 0 Å². The minimum absolute atomic E-state index is 0.0536. The molecule has 2 N–H and O–H groups in total. The van der Waals surface area contributed by atoms with E-state index in [0.29, 0.717) is 29.7 Å². The van der Waals surface area contributed by atoms with Gasteiger partial charge in [-0.2, -0.15) is 0 Å². The van der Waals surface area contributed by atoms with E-state index in [-0.39, 0.29) is 17.5 Å². The van der Waals surface area contributed by atoms with Crippen LogP contribution in [0.25, 0.3) is 11.3 Å². The number of aromatic nitrogens is 1. The molecule has 1 aliphatic rings. The molecule has 2 heterocycles. The smallest absolute Gasteiger partial charge is 0.229 e. The number of ether oxygens (including phenoxy) is 1. The zero-order valence-electron chi connectivity index (χ0n) is 14.7. The predicted molar refractivity (Wildman–Crippen MR) is 105 cm³/mol. The van der Waals surface area contributed by atoms with Crippen LogP contribution in [0.1, 0.15) is 6.42 Å². The van der Waals surface area contributed by atoms with E-state index in [4.69, 9.17) is 4.74 Å². The maximum atomic E-state index is 13.8. The summed E-state index contributed by atoms with van der Waals surface area (Å²) in [5, 5.41) is 8.08. The molecule has 0 radical (unpaired) electrons. The number of amides is 1. The van der Waals surface area contributed by atoms with E-state index in [9.17, 15) is 13.6 Å². The van der Waals surface area contributed by atoms with Crippen LogP contribution in [0.15, 0.2) is 47.8 Å². The van der Waals surface area contributed by atoms with Crippen molar-refractivity contribution in [1.82, 2.24) is 4.98 Å². The number of nitrogens with zero attached hydrogens (tertiary/aromatic N) is 1. The molecule has 0 unspecified atom stereocenters. The van der Waals surface area contributed by atoms with E-state index < -0.39 is 11.6 Å².